The van der Waals surface area contributed by atoms with Gasteiger partial charge in [0, 0.05) is 15.8 Å². The van der Waals surface area contributed by atoms with Crippen LogP contribution in [0.5, 0.6) is 0 Å². The lowest BCUT2D eigenvalue weighted by Crippen LogP contribution is -2.18. The molecule has 0 saturated heterocycles. The van der Waals surface area contributed by atoms with Gasteiger partial charge in [0.15, 0.2) is 0 Å². The first kappa shape index (κ1) is 14.4. The van der Waals surface area contributed by atoms with Crippen molar-refractivity contribution in [3.05, 3.63) is 58.6 Å². The number of nitrogens with two attached hydrogens (primary N) is 1. The van der Waals surface area contributed by atoms with Gasteiger partial charge in [-0.2, -0.15) is 0 Å². The number of rotatable bonds is 4. The molecule has 0 radical (unpaired) electrons. The topological polar surface area (TPSA) is 26.0 Å². The van der Waals surface area contributed by atoms with Crippen LogP contribution in [0.15, 0.2) is 52.3 Å². The molecule has 0 bridgehead atoms. The summed E-state index contributed by atoms with van der Waals surface area (Å²) >= 11 is 7.87. The summed E-state index contributed by atoms with van der Waals surface area (Å²) < 4.78 is 0. The third kappa shape index (κ3) is 4.00. The van der Waals surface area contributed by atoms with Gasteiger partial charge >= 0.3 is 0 Å². The molecule has 100 valence electrons. The minimum absolute atomic E-state index is 0.195. The second-order valence-electron chi connectivity index (χ2n) is 4.80. The molecule has 0 saturated carbocycles. The molecule has 2 aromatic carbocycles. The van der Waals surface area contributed by atoms with Crippen molar-refractivity contribution in [2.24, 2.45) is 5.73 Å². The van der Waals surface area contributed by atoms with Crippen LogP contribution in [0.3, 0.4) is 0 Å². The van der Waals surface area contributed by atoms with Gasteiger partial charge in [-0.3, -0.25) is 0 Å². The summed E-state index contributed by atoms with van der Waals surface area (Å²) in [5.41, 5.74) is 8.46. The van der Waals surface area contributed by atoms with Crippen LogP contribution in [0.2, 0.25) is 5.02 Å². The van der Waals surface area contributed by atoms with E-state index in [1.807, 2.05) is 31.2 Å². The predicted molar refractivity (Wildman–Crippen MR) is 84.1 cm³/mol. The number of hydrogen-bond acceptors (Lipinski definition) is 2. The van der Waals surface area contributed by atoms with Gasteiger partial charge in [-0.05, 0) is 55.7 Å². The molecule has 0 aliphatic carbocycles. The van der Waals surface area contributed by atoms with E-state index in [1.54, 1.807) is 11.8 Å². The summed E-state index contributed by atoms with van der Waals surface area (Å²) in [7, 11) is 0. The molecule has 0 fully saturated rings. The first-order valence-electron chi connectivity index (χ1n) is 6.34. The van der Waals surface area contributed by atoms with E-state index in [-0.39, 0.29) is 6.04 Å². The molecule has 1 nitrogen and oxygen atoms in total. The summed E-state index contributed by atoms with van der Waals surface area (Å²) in [5, 5.41) is 0.796. The molecule has 0 amide bonds. The van der Waals surface area contributed by atoms with Crippen molar-refractivity contribution in [1.82, 2.24) is 0 Å². The second kappa shape index (κ2) is 6.47. The Kier molecular flexibility index (Phi) is 4.92. The standard InChI is InChI=1S/C16H18ClNS/c1-11-9-14(8-7-13(11)10-12(2)18)19-16-6-4-3-5-15(16)17/h3-9,12H,10,18H2,1-2H3. The minimum atomic E-state index is 0.195. The van der Waals surface area contributed by atoms with Gasteiger partial charge < -0.3 is 5.73 Å². The normalized spacial score (nSPS) is 12.4. The predicted octanol–water partition coefficient (Wildman–Crippen LogP) is 4.69. The Balaban J connectivity index is 2.19. The van der Waals surface area contributed by atoms with E-state index in [1.165, 1.54) is 16.0 Å². The largest absolute Gasteiger partial charge is 0.328 e. The molecule has 1 atom stereocenters. The first-order chi connectivity index (χ1) is 9.06. The van der Waals surface area contributed by atoms with Crippen LogP contribution in [-0.4, -0.2) is 6.04 Å². The van der Waals surface area contributed by atoms with Crippen molar-refractivity contribution in [3.63, 3.8) is 0 Å². The third-order valence-electron chi connectivity index (χ3n) is 2.92. The molecular formula is C16H18ClNS. The quantitative estimate of drug-likeness (QED) is 0.884. The Morgan fingerprint density at radius 2 is 1.95 bits per heavy atom. The molecule has 0 aliphatic heterocycles. The molecule has 0 spiro atoms. The molecule has 2 aromatic rings. The van der Waals surface area contributed by atoms with Crippen molar-refractivity contribution >= 4 is 23.4 Å². The Labute approximate surface area is 124 Å². The monoisotopic (exact) mass is 291 g/mol. The maximum atomic E-state index is 6.18. The highest BCUT2D eigenvalue weighted by atomic mass is 35.5. The van der Waals surface area contributed by atoms with Gasteiger partial charge in [0.05, 0.1) is 5.02 Å². The minimum Gasteiger partial charge on any atom is -0.328 e. The lowest BCUT2D eigenvalue weighted by molar-refractivity contribution is 0.734. The molecule has 19 heavy (non-hydrogen) atoms. The van der Waals surface area contributed by atoms with Crippen molar-refractivity contribution < 1.29 is 0 Å². The lowest BCUT2D eigenvalue weighted by atomic mass is 10.0. The van der Waals surface area contributed by atoms with Crippen LogP contribution < -0.4 is 5.73 Å². The average molecular weight is 292 g/mol. The average Bonchev–Trinajstić information content (AvgIpc) is 2.35. The van der Waals surface area contributed by atoms with Gasteiger partial charge in [-0.25, -0.2) is 0 Å². The molecule has 0 aliphatic rings. The molecule has 3 heteroatoms. The summed E-state index contributed by atoms with van der Waals surface area (Å²) in [4.78, 5) is 2.29. The lowest BCUT2D eigenvalue weighted by Gasteiger charge is -2.11. The van der Waals surface area contributed by atoms with Crippen LogP contribution in [0.25, 0.3) is 0 Å². The number of halogens is 1. The zero-order valence-electron chi connectivity index (χ0n) is 11.2. The third-order valence-corrected chi connectivity index (χ3v) is 4.43. The Morgan fingerprint density at radius 1 is 1.21 bits per heavy atom. The molecule has 1 unspecified atom stereocenters. The van der Waals surface area contributed by atoms with E-state index in [2.05, 4.69) is 25.1 Å². The molecule has 0 heterocycles. The van der Waals surface area contributed by atoms with E-state index in [4.69, 9.17) is 17.3 Å². The molecule has 2 N–H and O–H groups in total. The van der Waals surface area contributed by atoms with Crippen molar-refractivity contribution in [3.8, 4) is 0 Å². The van der Waals surface area contributed by atoms with E-state index in [0.717, 1.165) is 16.3 Å². The fraction of sp³-hybridized carbons (Fsp3) is 0.250. The Hall–Kier alpha value is -0.960. The molecule has 0 aromatic heterocycles. The SMILES string of the molecule is Cc1cc(Sc2ccccc2Cl)ccc1CC(C)N. The van der Waals surface area contributed by atoms with Gasteiger partial charge in [0.1, 0.15) is 0 Å². The highest BCUT2D eigenvalue weighted by Crippen LogP contribution is 2.33. The van der Waals surface area contributed by atoms with E-state index < -0.39 is 0 Å². The highest BCUT2D eigenvalue weighted by molar-refractivity contribution is 7.99. The van der Waals surface area contributed by atoms with Crippen LogP contribution in [0.4, 0.5) is 0 Å². The van der Waals surface area contributed by atoms with Crippen LogP contribution in [-0.2, 0) is 6.42 Å². The maximum Gasteiger partial charge on any atom is 0.0545 e. The zero-order valence-corrected chi connectivity index (χ0v) is 12.8. The number of hydrogen-bond donors (Lipinski definition) is 1. The van der Waals surface area contributed by atoms with Crippen molar-refractivity contribution in [2.75, 3.05) is 0 Å². The zero-order chi connectivity index (χ0) is 13.8. The maximum absolute atomic E-state index is 6.18. The van der Waals surface area contributed by atoms with E-state index in [0.29, 0.717) is 0 Å². The first-order valence-corrected chi connectivity index (χ1v) is 7.53. The van der Waals surface area contributed by atoms with E-state index in [9.17, 15) is 0 Å². The summed E-state index contributed by atoms with van der Waals surface area (Å²) in [6, 6.07) is 14.6. The summed E-state index contributed by atoms with van der Waals surface area (Å²) in [6.45, 7) is 4.17. The summed E-state index contributed by atoms with van der Waals surface area (Å²) in [5.74, 6) is 0. The Bertz CT molecular complexity index is 566. The van der Waals surface area contributed by atoms with Crippen LogP contribution in [0, 0.1) is 6.92 Å². The van der Waals surface area contributed by atoms with Crippen molar-refractivity contribution in [1.29, 1.82) is 0 Å². The van der Waals surface area contributed by atoms with Crippen LogP contribution >= 0.6 is 23.4 Å². The van der Waals surface area contributed by atoms with Gasteiger partial charge in [0.25, 0.3) is 0 Å². The van der Waals surface area contributed by atoms with Gasteiger partial charge in [-0.15, -0.1) is 0 Å². The highest BCUT2D eigenvalue weighted by Gasteiger charge is 2.06. The number of benzene rings is 2. The molecule has 2 rings (SSSR count). The smallest absolute Gasteiger partial charge is 0.0545 e. The van der Waals surface area contributed by atoms with Gasteiger partial charge in [-0.1, -0.05) is 41.6 Å². The van der Waals surface area contributed by atoms with E-state index >= 15 is 0 Å². The van der Waals surface area contributed by atoms with Crippen molar-refractivity contribution in [2.45, 2.75) is 36.1 Å². The van der Waals surface area contributed by atoms with Gasteiger partial charge in [0.2, 0.25) is 0 Å². The Morgan fingerprint density at radius 3 is 2.58 bits per heavy atom. The summed E-state index contributed by atoms with van der Waals surface area (Å²) in [6.07, 6.45) is 0.920. The van der Waals surface area contributed by atoms with Crippen LogP contribution in [0.1, 0.15) is 18.1 Å². The fourth-order valence-corrected chi connectivity index (χ4v) is 3.15. The fourth-order valence-electron chi connectivity index (χ4n) is 1.96. The molecular weight excluding hydrogens is 274 g/mol. The number of aryl methyl sites for hydroxylation is 1. The second-order valence-corrected chi connectivity index (χ2v) is 6.32.